The Morgan fingerprint density at radius 3 is 2.41 bits per heavy atom. The Bertz CT molecular complexity index is 1430. The zero-order valence-electron chi connectivity index (χ0n) is 14.7. The van der Waals surface area contributed by atoms with E-state index in [-0.39, 0.29) is 21.8 Å². The smallest absolute Gasteiger partial charge is 0.416 e. The molecular weight excluding hydrogens is 391 g/mol. The van der Waals surface area contributed by atoms with Crippen molar-refractivity contribution in [2.45, 2.75) is 6.18 Å². The third-order valence-electron chi connectivity index (χ3n) is 4.73. The second-order valence-corrected chi connectivity index (χ2v) is 6.41. The molecule has 0 amide bonds. The predicted octanol–water partition coefficient (Wildman–Crippen LogP) is 2.89. The van der Waals surface area contributed by atoms with Gasteiger partial charge < -0.3 is 14.7 Å². The molecule has 2 aromatic heterocycles. The first kappa shape index (κ1) is 18.5. The SMILES string of the molecule is Cn1c(C(=O)O)c(-n2c(=O)[nH]c3ccccc3c2=O)c2cc(C(F)(F)F)ccc21. The van der Waals surface area contributed by atoms with Gasteiger partial charge in [0.05, 0.1) is 27.7 Å². The molecule has 0 saturated heterocycles. The summed E-state index contributed by atoms with van der Waals surface area (Å²) in [4.78, 5) is 40.0. The van der Waals surface area contributed by atoms with Gasteiger partial charge in [-0.1, -0.05) is 12.1 Å². The number of alkyl halides is 3. The van der Waals surface area contributed by atoms with Gasteiger partial charge in [-0.15, -0.1) is 0 Å². The molecule has 29 heavy (non-hydrogen) atoms. The molecule has 10 heteroatoms. The molecule has 0 aliphatic carbocycles. The summed E-state index contributed by atoms with van der Waals surface area (Å²) in [5.41, 5.74) is -3.37. The first-order chi connectivity index (χ1) is 13.6. The summed E-state index contributed by atoms with van der Waals surface area (Å²) in [6.45, 7) is 0. The topological polar surface area (TPSA) is 97.1 Å². The number of H-pyrrole nitrogens is 1. The molecule has 0 radical (unpaired) electrons. The lowest BCUT2D eigenvalue weighted by atomic mass is 10.1. The number of fused-ring (bicyclic) bond motifs is 2. The van der Waals surface area contributed by atoms with Gasteiger partial charge in [0, 0.05) is 12.4 Å². The molecule has 7 nitrogen and oxygen atoms in total. The Balaban J connectivity index is 2.23. The number of rotatable bonds is 2. The lowest BCUT2D eigenvalue weighted by molar-refractivity contribution is -0.137. The van der Waals surface area contributed by atoms with E-state index in [0.717, 1.165) is 22.8 Å². The number of carboxylic acids is 1. The second kappa shape index (κ2) is 6.09. The van der Waals surface area contributed by atoms with E-state index in [1.807, 2.05) is 0 Å². The van der Waals surface area contributed by atoms with Crippen molar-refractivity contribution in [3.63, 3.8) is 0 Å². The van der Waals surface area contributed by atoms with Crippen LogP contribution < -0.4 is 11.2 Å². The lowest BCUT2D eigenvalue weighted by Gasteiger charge is -2.09. The predicted molar refractivity (Wildman–Crippen MR) is 98.6 cm³/mol. The summed E-state index contributed by atoms with van der Waals surface area (Å²) in [7, 11) is 1.34. The molecule has 0 aliphatic rings. The van der Waals surface area contributed by atoms with E-state index < -0.39 is 40.3 Å². The summed E-state index contributed by atoms with van der Waals surface area (Å²) < 4.78 is 41.4. The van der Waals surface area contributed by atoms with Crippen LogP contribution in [0.25, 0.3) is 27.5 Å². The molecule has 0 spiro atoms. The monoisotopic (exact) mass is 403 g/mol. The van der Waals surface area contributed by atoms with E-state index in [9.17, 15) is 32.7 Å². The van der Waals surface area contributed by atoms with Crippen molar-refractivity contribution >= 4 is 27.8 Å². The van der Waals surface area contributed by atoms with Crippen molar-refractivity contribution in [1.29, 1.82) is 0 Å². The van der Waals surface area contributed by atoms with Gasteiger partial charge >= 0.3 is 17.8 Å². The largest absolute Gasteiger partial charge is 0.477 e. The summed E-state index contributed by atoms with van der Waals surface area (Å²) in [5.74, 6) is -1.49. The molecule has 0 fully saturated rings. The minimum atomic E-state index is -4.69. The Morgan fingerprint density at radius 1 is 1.07 bits per heavy atom. The molecular formula is C19H12F3N3O4. The van der Waals surface area contributed by atoms with Gasteiger partial charge in [-0.2, -0.15) is 13.2 Å². The number of aromatic nitrogens is 3. The van der Waals surface area contributed by atoms with Crippen LogP contribution in [0.3, 0.4) is 0 Å². The van der Waals surface area contributed by atoms with E-state index >= 15 is 0 Å². The molecule has 4 rings (SSSR count). The van der Waals surface area contributed by atoms with E-state index in [0.29, 0.717) is 4.57 Å². The van der Waals surface area contributed by atoms with E-state index in [2.05, 4.69) is 4.98 Å². The number of aromatic carboxylic acids is 1. The average Bonchev–Trinajstić information content (AvgIpc) is 2.93. The summed E-state index contributed by atoms with van der Waals surface area (Å²) >= 11 is 0. The number of nitrogens with zero attached hydrogens (tertiary/aromatic N) is 2. The number of para-hydroxylation sites is 1. The quantitative estimate of drug-likeness (QED) is 0.538. The van der Waals surface area contributed by atoms with Crippen molar-refractivity contribution < 1.29 is 23.1 Å². The van der Waals surface area contributed by atoms with Gasteiger partial charge in [-0.05, 0) is 30.3 Å². The first-order valence-electron chi connectivity index (χ1n) is 8.28. The molecule has 148 valence electrons. The summed E-state index contributed by atoms with van der Waals surface area (Å²) in [6, 6.07) is 8.72. The van der Waals surface area contributed by atoms with Crippen LogP contribution >= 0.6 is 0 Å². The molecule has 2 N–H and O–H groups in total. The van der Waals surface area contributed by atoms with Crippen LogP contribution in [0.15, 0.2) is 52.1 Å². The fraction of sp³-hybridized carbons (Fsp3) is 0.105. The van der Waals surface area contributed by atoms with Crippen LogP contribution in [0.2, 0.25) is 0 Å². The molecule has 0 atom stereocenters. The Labute approximate surface area is 159 Å². The van der Waals surface area contributed by atoms with Crippen LogP contribution in [0.4, 0.5) is 13.2 Å². The van der Waals surface area contributed by atoms with Gasteiger partial charge in [0.1, 0.15) is 0 Å². The Hall–Kier alpha value is -3.82. The van der Waals surface area contributed by atoms with Crippen molar-refractivity contribution in [3.05, 3.63) is 74.6 Å². The highest BCUT2D eigenvalue weighted by Gasteiger charge is 2.33. The van der Waals surface area contributed by atoms with Crippen LogP contribution in [0.5, 0.6) is 0 Å². The molecule has 2 aromatic carbocycles. The first-order valence-corrected chi connectivity index (χ1v) is 8.28. The van der Waals surface area contributed by atoms with Crippen molar-refractivity contribution in [1.82, 2.24) is 14.1 Å². The highest BCUT2D eigenvalue weighted by molar-refractivity contribution is 6.03. The van der Waals surface area contributed by atoms with Gasteiger partial charge in [0.15, 0.2) is 5.69 Å². The lowest BCUT2D eigenvalue weighted by Crippen LogP contribution is -2.34. The minimum Gasteiger partial charge on any atom is -0.477 e. The Kier molecular flexibility index (Phi) is 3.89. The number of hydrogen-bond donors (Lipinski definition) is 2. The average molecular weight is 403 g/mol. The number of aromatic amines is 1. The number of carboxylic acid groups (broad SMARTS) is 1. The van der Waals surface area contributed by atoms with Gasteiger partial charge in [-0.3, -0.25) is 4.79 Å². The van der Waals surface area contributed by atoms with Gasteiger partial charge in [0.25, 0.3) is 5.56 Å². The molecule has 0 unspecified atom stereocenters. The summed E-state index contributed by atoms with van der Waals surface area (Å²) in [6.07, 6.45) is -4.69. The summed E-state index contributed by atoms with van der Waals surface area (Å²) in [5, 5.41) is 9.57. The van der Waals surface area contributed by atoms with Gasteiger partial charge in [-0.25, -0.2) is 14.2 Å². The zero-order chi connectivity index (χ0) is 21.1. The maximum atomic E-state index is 13.2. The highest BCUT2D eigenvalue weighted by atomic mass is 19.4. The van der Waals surface area contributed by atoms with Crippen LogP contribution in [0.1, 0.15) is 16.1 Å². The van der Waals surface area contributed by atoms with E-state index in [1.54, 1.807) is 12.1 Å². The maximum Gasteiger partial charge on any atom is 0.416 e. The number of halogens is 3. The number of carbonyl (C=O) groups is 1. The number of hydrogen-bond acceptors (Lipinski definition) is 3. The maximum absolute atomic E-state index is 13.2. The molecule has 0 aliphatic heterocycles. The second-order valence-electron chi connectivity index (χ2n) is 6.41. The third kappa shape index (κ3) is 2.72. The van der Waals surface area contributed by atoms with Crippen molar-refractivity contribution in [3.8, 4) is 5.69 Å². The van der Waals surface area contributed by atoms with Gasteiger partial charge in [0.2, 0.25) is 0 Å². The minimum absolute atomic E-state index is 0.0902. The van der Waals surface area contributed by atoms with Crippen LogP contribution in [0, 0.1) is 0 Å². The van der Waals surface area contributed by atoms with Crippen molar-refractivity contribution in [2.24, 2.45) is 7.05 Å². The Morgan fingerprint density at radius 2 is 1.76 bits per heavy atom. The standard InChI is InChI=1S/C19H12F3N3O4/c1-24-13-7-6-9(19(20,21)22)8-11(13)14(15(24)17(27)28)25-16(26)10-4-2-3-5-12(10)23-18(25)29/h2-8H,1H3,(H,23,29)(H,27,28). The zero-order valence-corrected chi connectivity index (χ0v) is 14.7. The fourth-order valence-corrected chi connectivity index (χ4v) is 3.44. The van der Waals surface area contributed by atoms with Crippen LogP contribution in [-0.2, 0) is 13.2 Å². The van der Waals surface area contributed by atoms with E-state index in [1.165, 1.54) is 19.2 Å². The molecule has 0 bridgehead atoms. The number of aryl methyl sites for hydroxylation is 1. The highest BCUT2D eigenvalue weighted by Crippen LogP contribution is 2.35. The molecule has 2 heterocycles. The van der Waals surface area contributed by atoms with Crippen molar-refractivity contribution in [2.75, 3.05) is 0 Å². The van der Waals surface area contributed by atoms with Crippen LogP contribution in [-0.4, -0.2) is 25.2 Å². The normalized spacial score (nSPS) is 12.0. The molecule has 4 aromatic rings. The number of benzene rings is 2. The number of nitrogens with one attached hydrogen (secondary N) is 1. The fourth-order valence-electron chi connectivity index (χ4n) is 3.44. The molecule has 0 saturated carbocycles. The third-order valence-corrected chi connectivity index (χ3v) is 4.73. The van der Waals surface area contributed by atoms with E-state index in [4.69, 9.17) is 0 Å².